The van der Waals surface area contributed by atoms with Gasteiger partial charge in [0.2, 0.25) is 0 Å². The molecule has 0 amide bonds. The van der Waals surface area contributed by atoms with E-state index >= 15 is 0 Å². The molecule has 0 bridgehead atoms. The highest BCUT2D eigenvalue weighted by Gasteiger charge is 2.07. The molecule has 0 aromatic heterocycles. The molecule has 72 valence electrons. The van der Waals surface area contributed by atoms with Crippen LogP contribution in [0.25, 0.3) is 0 Å². The van der Waals surface area contributed by atoms with Crippen molar-refractivity contribution >= 4 is 0 Å². The third kappa shape index (κ3) is 3.99. The lowest BCUT2D eigenvalue weighted by atomic mass is 10.2. The highest BCUT2D eigenvalue weighted by Crippen LogP contribution is 2.04. The topological polar surface area (TPSA) is 65.3 Å². The monoisotopic (exact) mass is 173 g/mol. The first kappa shape index (κ1) is 9.88. The Morgan fingerprint density at radius 2 is 1.83 bits per heavy atom. The summed E-state index contributed by atoms with van der Waals surface area (Å²) in [5.41, 5.74) is 8.82. The van der Waals surface area contributed by atoms with Crippen LogP contribution in [0.15, 0.2) is 0 Å². The van der Waals surface area contributed by atoms with Gasteiger partial charge in [-0.05, 0) is 12.8 Å². The van der Waals surface area contributed by atoms with Crippen molar-refractivity contribution in [1.82, 2.24) is 21.4 Å². The van der Waals surface area contributed by atoms with Gasteiger partial charge in [0.25, 0.3) is 0 Å². The van der Waals surface area contributed by atoms with Crippen molar-refractivity contribution in [2.45, 2.75) is 19.3 Å². The Morgan fingerprint density at radius 1 is 1.08 bits per heavy atom. The minimum absolute atomic E-state index is 0.779. The van der Waals surface area contributed by atoms with Crippen LogP contribution < -0.4 is 22.2 Å². The highest BCUT2D eigenvalue weighted by atomic mass is 15.7. The fourth-order valence-electron chi connectivity index (χ4n) is 1.31. The zero-order valence-corrected chi connectivity index (χ0v) is 7.47. The van der Waals surface area contributed by atoms with Crippen LogP contribution in [0, 0.1) is 0 Å². The summed E-state index contributed by atoms with van der Waals surface area (Å²) < 4.78 is 0. The molecule has 0 radical (unpaired) electrons. The van der Waals surface area contributed by atoms with E-state index in [0.717, 1.165) is 26.2 Å². The van der Waals surface area contributed by atoms with E-state index in [9.17, 15) is 0 Å². The van der Waals surface area contributed by atoms with E-state index in [4.69, 9.17) is 5.84 Å². The average molecular weight is 173 g/mol. The Kier molecular flexibility index (Phi) is 5.21. The molecular formula is C7H19N5. The van der Waals surface area contributed by atoms with E-state index in [1.807, 2.05) is 0 Å². The number of piperidine rings is 1. The van der Waals surface area contributed by atoms with E-state index < -0.39 is 0 Å². The molecule has 5 nitrogen and oxygen atoms in total. The molecule has 0 unspecified atom stereocenters. The molecule has 1 saturated heterocycles. The van der Waals surface area contributed by atoms with Crippen molar-refractivity contribution in [3.8, 4) is 0 Å². The first-order valence-electron chi connectivity index (χ1n) is 4.60. The quantitative estimate of drug-likeness (QED) is 0.243. The van der Waals surface area contributed by atoms with Gasteiger partial charge in [-0.3, -0.25) is 11.3 Å². The minimum Gasteiger partial charge on any atom is -0.271 e. The summed E-state index contributed by atoms with van der Waals surface area (Å²) in [6.07, 6.45) is 3.95. The summed E-state index contributed by atoms with van der Waals surface area (Å²) in [6.45, 7) is 3.90. The van der Waals surface area contributed by atoms with Crippen molar-refractivity contribution in [2.75, 3.05) is 26.2 Å². The van der Waals surface area contributed by atoms with Crippen LogP contribution in [0.2, 0.25) is 0 Å². The average Bonchev–Trinajstić information content (AvgIpc) is 2.14. The van der Waals surface area contributed by atoms with Crippen molar-refractivity contribution in [3.05, 3.63) is 0 Å². The Bertz CT molecular complexity index is 102. The Hall–Kier alpha value is -0.200. The standard InChI is InChI=1S/C7H19N5/c8-9-4-5-10-11-12-6-2-1-3-7-12/h9-11H,1-8H2. The Labute approximate surface area is 73.6 Å². The van der Waals surface area contributed by atoms with Crippen molar-refractivity contribution < 1.29 is 0 Å². The van der Waals surface area contributed by atoms with Gasteiger partial charge in [0.15, 0.2) is 0 Å². The summed E-state index contributed by atoms with van der Waals surface area (Å²) in [6, 6.07) is 0. The molecule has 1 rings (SSSR count). The summed E-state index contributed by atoms with van der Waals surface area (Å²) in [4.78, 5) is 0. The van der Waals surface area contributed by atoms with Gasteiger partial charge < -0.3 is 0 Å². The maximum Gasteiger partial charge on any atom is 0.0252 e. The van der Waals surface area contributed by atoms with Crippen LogP contribution in [0.1, 0.15) is 19.3 Å². The van der Waals surface area contributed by atoms with Crippen LogP contribution >= 0.6 is 0 Å². The maximum absolute atomic E-state index is 5.12. The van der Waals surface area contributed by atoms with E-state index in [2.05, 4.69) is 21.4 Å². The molecule has 1 fully saturated rings. The number of rotatable bonds is 5. The molecule has 0 aromatic rings. The van der Waals surface area contributed by atoms with Gasteiger partial charge in [-0.15, -0.1) is 0 Å². The van der Waals surface area contributed by atoms with E-state index in [1.54, 1.807) is 0 Å². The van der Waals surface area contributed by atoms with Crippen molar-refractivity contribution in [1.29, 1.82) is 0 Å². The summed E-state index contributed by atoms with van der Waals surface area (Å²) in [7, 11) is 0. The number of hydrogen-bond donors (Lipinski definition) is 4. The lowest BCUT2D eigenvalue weighted by Gasteiger charge is -2.27. The molecular weight excluding hydrogens is 154 g/mol. The van der Waals surface area contributed by atoms with E-state index in [1.165, 1.54) is 19.3 Å². The molecule has 5 N–H and O–H groups in total. The fourth-order valence-corrected chi connectivity index (χ4v) is 1.31. The van der Waals surface area contributed by atoms with Crippen LogP contribution in [-0.4, -0.2) is 31.2 Å². The predicted molar refractivity (Wildman–Crippen MR) is 48.8 cm³/mol. The van der Waals surface area contributed by atoms with Gasteiger partial charge in [0.05, 0.1) is 0 Å². The summed E-state index contributed by atoms with van der Waals surface area (Å²) in [5, 5.41) is 2.21. The predicted octanol–water partition coefficient (Wildman–Crippen LogP) is -1.06. The SMILES string of the molecule is NNCCNNN1CCCCC1. The molecule has 0 saturated carbocycles. The van der Waals surface area contributed by atoms with Gasteiger partial charge in [-0.25, -0.2) is 10.4 Å². The lowest BCUT2D eigenvalue weighted by Crippen LogP contribution is -2.51. The third-order valence-electron chi connectivity index (χ3n) is 1.99. The van der Waals surface area contributed by atoms with Crippen LogP contribution in [-0.2, 0) is 0 Å². The second kappa shape index (κ2) is 6.33. The molecule has 5 heteroatoms. The number of nitrogens with one attached hydrogen (secondary N) is 3. The van der Waals surface area contributed by atoms with Crippen molar-refractivity contribution in [2.24, 2.45) is 5.84 Å². The number of nitrogens with two attached hydrogens (primary N) is 1. The third-order valence-corrected chi connectivity index (χ3v) is 1.99. The first-order valence-corrected chi connectivity index (χ1v) is 4.60. The zero-order chi connectivity index (χ0) is 8.65. The largest absolute Gasteiger partial charge is 0.271 e. The molecule has 0 spiro atoms. The molecule has 0 aromatic carbocycles. The number of nitrogens with zero attached hydrogens (tertiary/aromatic N) is 1. The molecule has 12 heavy (non-hydrogen) atoms. The molecule has 1 aliphatic rings. The Morgan fingerprint density at radius 3 is 2.50 bits per heavy atom. The summed E-state index contributed by atoms with van der Waals surface area (Å²) >= 11 is 0. The van der Waals surface area contributed by atoms with Gasteiger partial charge in [0, 0.05) is 26.2 Å². The maximum atomic E-state index is 5.12. The number of hydrogen-bond acceptors (Lipinski definition) is 5. The fraction of sp³-hybridized carbons (Fsp3) is 1.00. The molecule has 0 aliphatic carbocycles. The van der Waals surface area contributed by atoms with Crippen molar-refractivity contribution in [3.63, 3.8) is 0 Å². The first-order chi connectivity index (χ1) is 5.93. The zero-order valence-electron chi connectivity index (χ0n) is 7.47. The van der Waals surface area contributed by atoms with Crippen LogP contribution in [0.3, 0.4) is 0 Å². The van der Waals surface area contributed by atoms with Gasteiger partial charge >= 0.3 is 0 Å². The molecule has 1 aliphatic heterocycles. The normalized spacial score (nSPS) is 19.8. The molecule has 1 heterocycles. The lowest BCUT2D eigenvalue weighted by molar-refractivity contribution is 0.124. The van der Waals surface area contributed by atoms with Gasteiger partial charge in [0.1, 0.15) is 0 Å². The molecule has 0 atom stereocenters. The second-order valence-corrected chi connectivity index (χ2v) is 3.04. The van der Waals surface area contributed by atoms with E-state index in [-0.39, 0.29) is 0 Å². The number of hydrazine groups is 3. The highest BCUT2D eigenvalue weighted by molar-refractivity contribution is 4.58. The van der Waals surface area contributed by atoms with Gasteiger partial charge in [-0.1, -0.05) is 6.42 Å². The van der Waals surface area contributed by atoms with Crippen LogP contribution in [0.5, 0.6) is 0 Å². The van der Waals surface area contributed by atoms with Gasteiger partial charge in [-0.2, -0.15) is 5.53 Å². The van der Waals surface area contributed by atoms with Crippen LogP contribution in [0.4, 0.5) is 0 Å². The minimum atomic E-state index is 0.779. The summed E-state index contributed by atoms with van der Waals surface area (Å²) in [5.74, 6) is 5.12. The second-order valence-electron chi connectivity index (χ2n) is 3.04. The van der Waals surface area contributed by atoms with E-state index in [0.29, 0.717) is 0 Å². The Balaban J connectivity index is 1.91. The smallest absolute Gasteiger partial charge is 0.0252 e.